The van der Waals surface area contributed by atoms with Crippen LogP contribution in [0.3, 0.4) is 0 Å². The van der Waals surface area contributed by atoms with Crippen molar-refractivity contribution in [2.45, 2.75) is 12.3 Å². The first-order chi connectivity index (χ1) is 13.6. The van der Waals surface area contributed by atoms with Gasteiger partial charge in [0.15, 0.2) is 0 Å². The predicted octanol–water partition coefficient (Wildman–Crippen LogP) is 4.75. The van der Waals surface area contributed by atoms with E-state index in [-0.39, 0.29) is 5.91 Å². The first-order valence-electron chi connectivity index (χ1n) is 9.59. The lowest BCUT2D eigenvalue weighted by molar-refractivity contribution is -0.130. The van der Waals surface area contributed by atoms with Crippen molar-refractivity contribution >= 4 is 28.3 Å². The van der Waals surface area contributed by atoms with Crippen LogP contribution in [0.2, 0.25) is 0 Å². The second kappa shape index (κ2) is 6.38. The molecular weight excluding hydrogens is 346 g/mol. The third-order valence-corrected chi connectivity index (χ3v) is 5.91. The number of hydrogen-bond donors (Lipinski definition) is 1. The maximum atomic E-state index is 11.7. The maximum absolute atomic E-state index is 11.7. The van der Waals surface area contributed by atoms with E-state index < -0.39 is 0 Å². The largest absolute Gasteiger partial charge is 0.508 e. The van der Waals surface area contributed by atoms with Gasteiger partial charge in [0.05, 0.1) is 0 Å². The Hall–Kier alpha value is -3.33. The molecular formula is C25H21NO2. The number of allylic oxidation sites excluding steroid dienone is 1. The molecule has 0 spiro atoms. The number of carbonyl (C=O) groups is 1. The minimum Gasteiger partial charge on any atom is -0.508 e. The van der Waals surface area contributed by atoms with Gasteiger partial charge in [0, 0.05) is 19.0 Å². The fourth-order valence-electron chi connectivity index (χ4n) is 4.35. The molecule has 0 aromatic heterocycles. The molecule has 2 aliphatic rings. The highest BCUT2D eigenvalue weighted by molar-refractivity contribution is 6.01. The van der Waals surface area contributed by atoms with Gasteiger partial charge in [0.2, 0.25) is 5.91 Å². The first kappa shape index (κ1) is 16.8. The third-order valence-electron chi connectivity index (χ3n) is 5.91. The molecule has 1 N–H and O–H groups in total. The summed E-state index contributed by atoms with van der Waals surface area (Å²) < 4.78 is 0. The van der Waals surface area contributed by atoms with Crippen molar-refractivity contribution in [1.82, 2.24) is 4.90 Å². The molecule has 0 bridgehead atoms. The molecule has 1 heterocycles. The molecule has 28 heavy (non-hydrogen) atoms. The van der Waals surface area contributed by atoms with Crippen molar-refractivity contribution < 1.29 is 9.90 Å². The highest BCUT2D eigenvalue weighted by Gasteiger charge is 2.31. The van der Waals surface area contributed by atoms with Crippen LogP contribution in [-0.2, 0) is 11.2 Å². The second-order valence-electron chi connectivity index (χ2n) is 7.66. The number of aromatic hydroxyl groups is 1. The van der Waals surface area contributed by atoms with Crippen molar-refractivity contribution in [3.8, 4) is 5.75 Å². The summed E-state index contributed by atoms with van der Waals surface area (Å²) >= 11 is 0. The van der Waals surface area contributed by atoms with Crippen molar-refractivity contribution in [2.24, 2.45) is 0 Å². The van der Waals surface area contributed by atoms with Crippen LogP contribution >= 0.6 is 0 Å². The van der Waals surface area contributed by atoms with Gasteiger partial charge in [-0.15, -0.1) is 0 Å². The Morgan fingerprint density at radius 3 is 2.75 bits per heavy atom. The Morgan fingerprint density at radius 2 is 1.93 bits per heavy atom. The van der Waals surface area contributed by atoms with Crippen LogP contribution < -0.4 is 0 Å². The summed E-state index contributed by atoms with van der Waals surface area (Å²) in [6.45, 7) is 5.09. The van der Waals surface area contributed by atoms with E-state index in [4.69, 9.17) is 0 Å². The molecule has 3 aromatic rings. The molecule has 1 saturated heterocycles. The van der Waals surface area contributed by atoms with E-state index in [9.17, 15) is 9.90 Å². The van der Waals surface area contributed by atoms with Crippen molar-refractivity contribution in [2.75, 3.05) is 13.1 Å². The average Bonchev–Trinajstić information content (AvgIpc) is 3.09. The summed E-state index contributed by atoms with van der Waals surface area (Å²) in [4.78, 5) is 13.5. The van der Waals surface area contributed by atoms with E-state index in [1.165, 1.54) is 28.3 Å². The number of amides is 1. The lowest BCUT2D eigenvalue weighted by Crippen LogP contribution is -2.47. The Labute approximate surface area is 164 Å². The zero-order chi connectivity index (χ0) is 19.3. The van der Waals surface area contributed by atoms with Crippen LogP contribution in [0.5, 0.6) is 5.75 Å². The maximum Gasteiger partial charge on any atom is 0.245 e. The number of phenols is 1. The zero-order valence-electron chi connectivity index (χ0n) is 15.6. The highest BCUT2D eigenvalue weighted by atomic mass is 16.3. The molecule has 1 aliphatic carbocycles. The molecule has 1 amide bonds. The molecule has 0 saturated carbocycles. The van der Waals surface area contributed by atoms with E-state index in [0.29, 0.717) is 11.7 Å². The summed E-state index contributed by atoms with van der Waals surface area (Å²) in [6.07, 6.45) is 4.47. The summed E-state index contributed by atoms with van der Waals surface area (Å²) in [5.74, 6) is 0.713. The SMILES string of the molecule is C=CC(=O)N1CC(c2ccc3c(c2)CC(c2cc(O)cc4ccccc24)=C3)C1. The van der Waals surface area contributed by atoms with E-state index in [1.54, 1.807) is 0 Å². The van der Waals surface area contributed by atoms with Gasteiger partial charge in [-0.25, -0.2) is 0 Å². The monoisotopic (exact) mass is 367 g/mol. The van der Waals surface area contributed by atoms with E-state index in [1.807, 2.05) is 35.2 Å². The topological polar surface area (TPSA) is 40.5 Å². The standard InChI is InChI=1S/C25H21NO2/c1-2-25(28)26-14-21(15-26)17-8-7-16-10-20(11-19(16)9-17)24-13-22(27)12-18-5-3-4-6-23(18)24/h2-10,12-13,21,27H,1,11,14-15H2. The van der Waals surface area contributed by atoms with Gasteiger partial charge in [-0.3, -0.25) is 4.79 Å². The smallest absolute Gasteiger partial charge is 0.245 e. The Kier molecular flexibility index (Phi) is 3.83. The van der Waals surface area contributed by atoms with Gasteiger partial charge < -0.3 is 10.0 Å². The fraction of sp³-hybridized carbons (Fsp3) is 0.160. The molecule has 0 atom stereocenters. The van der Waals surface area contributed by atoms with Gasteiger partial charge in [-0.2, -0.15) is 0 Å². The molecule has 3 heteroatoms. The molecule has 3 nitrogen and oxygen atoms in total. The van der Waals surface area contributed by atoms with Crippen molar-refractivity contribution in [3.63, 3.8) is 0 Å². The van der Waals surface area contributed by atoms with E-state index >= 15 is 0 Å². The van der Waals surface area contributed by atoms with Crippen molar-refractivity contribution in [3.05, 3.63) is 89.5 Å². The predicted molar refractivity (Wildman–Crippen MR) is 113 cm³/mol. The van der Waals surface area contributed by atoms with E-state index in [0.717, 1.165) is 35.8 Å². The minimum atomic E-state index is 0.0112. The molecule has 138 valence electrons. The number of fused-ring (bicyclic) bond motifs is 2. The third kappa shape index (κ3) is 2.71. The molecule has 0 unspecified atom stereocenters. The lowest BCUT2D eigenvalue weighted by atomic mass is 9.89. The molecule has 1 fully saturated rings. The molecule has 5 rings (SSSR count). The number of nitrogens with zero attached hydrogens (tertiary/aromatic N) is 1. The summed E-state index contributed by atoms with van der Waals surface area (Å²) in [7, 11) is 0. The number of hydrogen-bond acceptors (Lipinski definition) is 2. The minimum absolute atomic E-state index is 0.0112. The normalized spacial score (nSPS) is 15.9. The van der Waals surface area contributed by atoms with Crippen LogP contribution in [0.1, 0.15) is 28.2 Å². The zero-order valence-corrected chi connectivity index (χ0v) is 15.6. The summed E-state index contributed by atoms with van der Waals surface area (Å²) in [5, 5.41) is 12.4. The van der Waals surface area contributed by atoms with Gasteiger partial charge in [0.25, 0.3) is 0 Å². The van der Waals surface area contributed by atoms with Crippen LogP contribution in [0.4, 0.5) is 0 Å². The van der Waals surface area contributed by atoms with Gasteiger partial charge in [0.1, 0.15) is 5.75 Å². The Balaban J connectivity index is 1.42. The summed E-state index contributed by atoms with van der Waals surface area (Å²) in [5.41, 5.74) is 6.18. The molecule has 0 radical (unpaired) electrons. The van der Waals surface area contributed by atoms with Gasteiger partial charge in [-0.05, 0) is 63.2 Å². The fourth-order valence-corrected chi connectivity index (χ4v) is 4.35. The number of phenolic OH excluding ortho intramolecular Hbond substituents is 1. The average molecular weight is 367 g/mol. The van der Waals surface area contributed by atoms with Crippen LogP contribution in [-0.4, -0.2) is 29.0 Å². The van der Waals surface area contributed by atoms with Crippen LogP contribution in [0.25, 0.3) is 22.4 Å². The Bertz CT molecular complexity index is 1150. The first-order valence-corrected chi connectivity index (χ1v) is 9.59. The Morgan fingerprint density at radius 1 is 1.11 bits per heavy atom. The summed E-state index contributed by atoms with van der Waals surface area (Å²) in [6, 6.07) is 18.5. The number of benzene rings is 3. The van der Waals surface area contributed by atoms with Gasteiger partial charge >= 0.3 is 0 Å². The number of rotatable bonds is 3. The molecule has 3 aromatic carbocycles. The van der Waals surface area contributed by atoms with Gasteiger partial charge in [-0.1, -0.05) is 55.1 Å². The van der Waals surface area contributed by atoms with Crippen LogP contribution in [0.15, 0.2) is 67.3 Å². The highest BCUT2D eigenvalue weighted by Crippen LogP contribution is 2.38. The molecule has 1 aliphatic heterocycles. The number of likely N-dealkylation sites (tertiary alicyclic amines) is 1. The lowest BCUT2D eigenvalue weighted by Gasteiger charge is -2.39. The van der Waals surface area contributed by atoms with Crippen LogP contribution in [0, 0.1) is 0 Å². The van der Waals surface area contributed by atoms with E-state index in [2.05, 4.69) is 36.9 Å². The van der Waals surface area contributed by atoms with Crippen molar-refractivity contribution in [1.29, 1.82) is 0 Å². The number of carbonyl (C=O) groups excluding carboxylic acids is 1. The second-order valence-corrected chi connectivity index (χ2v) is 7.66. The quantitative estimate of drug-likeness (QED) is 0.679.